The summed E-state index contributed by atoms with van der Waals surface area (Å²) in [6.45, 7) is 4.01. The minimum Gasteiger partial charge on any atom is -0.494 e. The number of aryl methyl sites for hydroxylation is 1. The second-order valence-electron chi connectivity index (χ2n) is 8.73. The van der Waals surface area contributed by atoms with E-state index in [1.165, 1.54) is 23.8 Å². The van der Waals surface area contributed by atoms with E-state index >= 15 is 0 Å². The third-order valence-electron chi connectivity index (χ3n) is 6.70. The molecule has 0 atom stereocenters. The first-order valence-electron chi connectivity index (χ1n) is 11.4. The maximum atomic E-state index is 13.4. The lowest BCUT2D eigenvalue weighted by Crippen LogP contribution is -2.29. The van der Waals surface area contributed by atoms with Gasteiger partial charge in [0.1, 0.15) is 11.6 Å². The van der Waals surface area contributed by atoms with Crippen LogP contribution in [-0.2, 0) is 13.0 Å². The van der Waals surface area contributed by atoms with E-state index in [9.17, 15) is 20.0 Å². The molecule has 5 heteroatoms. The quantitative estimate of drug-likeness (QED) is 0.598. The minimum absolute atomic E-state index is 0.0501. The molecule has 0 saturated heterocycles. The van der Waals surface area contributed by atoms with Crippen LogP contribution in [0.4, 0.5) is 0 Å². The van der Waals surface area contributed by atoms with Gasteiger partial charge in [-0.25, -0.2) is 0 Å². The molecule has 3 rings (SSSR count). The van der Waals surface area contributed by atoms with Gasteiger partial charge in [-0.15, -0.1) is 0 Å². The predicted molar refractivity (Wildman–Crippen MR) is 121 cm³/mol. The van der Waals surface area contributed by atoms with E-state index in [-0.39, 0.29) is 35.3 Å². The van der Waals surface area contributed by atoms with Gasteiger partial charge in [-0.1, -0.05) is 56.5 Å². The van der Waals surface area contributed by atoms with Gasteiger partial charge >= 0.3 is 0 Å². The Morgan fingerprint density at radius 2 is 1.87 bits per heavy atom. The molecule has 0 amide bonds. The van der Waals surface area contributed by atoms with Gasteiger partial charge in [0.05, 0.1) is 5.56 Å². The maximum Gasteiger partial charge on any atom is 0.271 e. The molecule has 1 N–H and O–H groups in total. The Morgan fingerprint density at radius 1 is 1.19 bits per heavy atom. The number of unbranched alkanes of at least 4 members (excludes halogenated alkanes) is 1. The van der Waals surface area contributed by atoms with Crippen LogP contribution in [0.1, 0.15) is 78.9 Å². The fourth-order valence-corrected chi connectivity index (χ4v) is 4.75. The molecular weight excluding hydrogens is 388 g/mol. The van der Waals surface area contributed by atoms with Crippen LogP contribution >= 0.6 is 0 Å². The predicted octanol–water partition coefficient (Wildman–Crippen LogP) is 5.16. The molecule has 0 spiro atoms. The van der Waals surface area contributed by atoms with Crippen molar-refractivity contribution in [1.82, 2.24) is 4.57 Å². The number of carbonyl (C=O) groups is 1. The van der Waals surface area contributed by atoms with Crippen molar-refractivity contribution in [2.45, 2.75) is 71.8 Å². The third kappa shape index (κ3) is 5.07. The number of hydrogen-bond donors (Lipinski definition) is 1. The molecule has 31 heavy (non-hydrogen) atoms. The Bertz CT molecular complexity index is 1010. The van der Waals surface area contributed by atoms with Crippen LogP contribution in [0.3, 0.4) is 0 Å². The van der Waals surface area contributed by atoms with Gasteiger partial charge in [0.15, 0.2) is 5.78 Å². The zero-order valence-electron chi connectivity index (χ0n) is 18.6. The minimum atomic E-state index is -0.534. The lowest BCUT2D eigenvalue weighted by Gasteiger charge is -2.28. The molecule has 1 aromatic heterocycles. The van der Waals surface area contributed by atoms with Crippen LogP contribution < -0.4 is 5.56 Å². The summed E-state index contributed by atoms with van der Waals surface area (Å²) in [6.07, 6.45) is 7.80. The highest BCUT2D eigenvalue weighted by molar-refractivity contribution is 6.01. The van der Waals surface area contributed by atoms with Gasteiger partial charge < -0.3 is 5.11 Å². The van der Waals surface area contributed by atoms with Crippen molar-refractivity contribution in [1.29, 1.82) is 5.26 Å². The van der Waals surface area contributed by atoms with Crippen molar-refractivity contribution in [3.8, 4) is 11.9 Å². The number of hydrogen-bond acceptors (Lipinski definition) is 4. The molecule has 1 fully saturated rings. The van der Waals surface area contributed by atoms with E-state index < -0.39 is 5.56 Å². The highest BCUT2D eigenvalue weighted by Gasteiger charge is 2.31. The molecule has 5 nitrogen and oxygen atoms in total. The van der Waals surface area contributed by atoms with Crippen molar-refractivity contribution >= 4 is 5.78 Å². The van der Waals surface area contributed by atoms with Gasteiger partial charge in [0, 0.05) is 12.5 Å². The summed E-state index contributed by atoms with van der Waals surface area (Å²) in [5, 5.41) is 20.5. The monoisotopic (exact) mass is 420 g/mol. The number of Topliss-reactive ketones (excluding diaryl/α,β-unsaturated/α-hetero) is 1. The second-order valence-corrected chi connectivity index (χ2v) is 8.73. The lowest BCUT2D eigenvalue weighted by molar-refractivity contribution is 0.0864. The molecular formula is C26H32N2O3. The third-order valence-corrected chi connectivity index (χ3v) is 6.70. The van der Waals surface area contributed by atoms with E-state index in [1.807, 2.05) is 36.4 Å². The molecule has 164 valence electrons. The summed E-state index contributed by atoms with van der Waals surface area (Å²) in [5.74, 6) is 0.0896. The molecule has 2 aromatic rings. The molecule has 0 unspecified atom stereocenters. The van der Waals surface area contributed by atoms with E-state index in [0.717, 1.165) is 31.2 Å². The number of rotatable bonds is 8. The second kappa shape index (κ2) is 10.4. The molecule has 0 radical (unpaired) electrons. The van der Waals surface area contributed by atoms with Gasteiger partial charge in [-0.05, 0) is 56.1 Å². The Balaban J connectivity index is 1.87. The number of nitriles is 1. The number of nitrogens with zero attached hydrogens (tertiary/aromatic N) is 2. The van der Waals surface area contributed by atoms with Crippen LogP contribution in [0, 0.1) is 30.1 Å². The van der Waals surface area contributed by atoms with Crippen molar-refractivity contribution in [3.63, 3.8) is 0 Å². The SMILES string of the molecule is CCCCC1CCC(C(=O)c2c(C)c(C#N)c(=O)n(CCc3ccccc3)c2O)CC1. The molecule has 1 aliphatic rings. The number of pyridine rings is 1. The molecule has 1 aliphatic carbocycles. The van der Waals surface area contributed by atoms with Gasteiger partial charge in [0.2, 0.25) is 5.88 Å². The Morgan fingerprint density at radius 3 is 2.48 bits per heavy atom. The van der Waals surface area contributed by atoms with E-state index in [2.05, 4.69) is 6.92 Å². The normalized spacial score (nSPS) is 18.5. The Hall–Kier alpha value is -2.87. The highest BCUT2D eigenvalue weighted by Crippen LogP contribution is 2.36. The van der Waals surface area contributed by atoms with Crippen molar-refractivity contribution in [2.75, 3.05) is 0 Å². The number of carbonyl (C=O) groups excluding carboxylic acids is 1. The van der Waals surface area contributed by atoms with Gasteiger partial charge in [-0.2, -0.15) is 5.26 Å². The topological polar surface area (TPSA) is 83.1 Å². The average Bonchev–Trinajstić information content (AvgIpc) is 2.79. The molecule has 1 heterocycles. The summed E-state index contributed by atoms with van der Waals surface area (Å²) in [5.41, 5.74) is 0.894. The van der Waals surface area contributed by atoms with Crippen LogP contribution in [0.2, 0.25) is 0 Å². The lowest BCUT2D eigenvalue weighted by atomic mass is 9.76. The van der Waals surface area contributed by atoms with Crippen LogP contribution in [0.25, 0.3) is 0 Å². The summed E-state index contributed by atoms with van der Waals surface area (Å²) in [4.78, 5) is 26.2. The average molecular weight is 421 g/mol. The van der Waals surface area contributed by atoms with Gasteiger partial charge in [-0.3, -0.25) is 14.2 Å². The number of aromatic hydroxyl groups is 1. The summed E-state index contributed by atoms with van der Waals surface area (Å²) in [6, 6.07) is 11.6. The summed E-state index contributed by atoms with van der Waals surface area (Å²) >= 11 is 0. The highest BCUT2D eigenvalue weighted by atomic mass is 16.3. The van der Waals surface area contributed by atoms with Crippen LogP contribution in [0.15, 0.2) is 35.1 Å². The number of ketones is 1. The van der Waals surface area contributed by atoms with E-state index in [0.29, 0.717) is 17.9 Å². The molecule has 1 aromatic carbocycles. The zero-order valence-corrected chi connectivity index (χ0v) is 18.6. The first-order valence-corrected chi connectivity index (χ1v) is 11.4. The standard InChI is InChI=1S/C26H32N2O3/c1-3-4-8-20-11-13-21(14-12-20)24(29)23-18(2)22(17-27)25(30)28(26(23)31)16-15-19-9-6-5-7-10-19/h5-7,9-10,20-21,31H,3-4,8,11-16H2,1-2H3. The van der Waals surface area contributed by atoms with Crippen molar-refractivity contribution < 1.29 is 9.90 Å². The van der Waals surface area contributed by atoms with Crippen molar-refractivity contribution in [2.24, 2.45) is 11.8 Å². The fraction of sp³-hybridized carbons (Fsp3) is 0.500. The van der Waals surface area contributed by atoms with Crippen LogP contribution in [0.5, 0.6) is 5.88 Å². The number of benzene rings is 1. The van der Waals surface area contributed by atoms with Crippen LogP contribution in [-0.4, -0.2) is 15.5 Å². The molecule has 0 bridgehead atoms. The van der Waals surface area contributed by atoms with E-state index in [4.69, 9.17) is 0 Å². The van der Waals surface area contributed by atoms with Gasteiger partial charge in [0.25, 0.3) is 5.56 Å². The smallest absolute Gasteiger partial charge is 0.271 e. The largest absolute Gasteiger partial charge is 0.494 e. The Kier molecular flexibility index (Phi) is 7.68. The van der Waals surface area contributed by atoms with Crippen molar-refractivity contribution in [3.05, 3.63) is 62.9 Å². The Labute approximate surface area is 184 Å². The zero-order chi connectivity index (χ0) is 22.4. The summed E-state index contributed by atoms with van der Waals surface area (Å²) in [7, 11) is 0. The van der Waals surface area contributed by atoms with E-state index in [1.54, 1.807) is 6.92 Å². The summed E-state index contributed by atoms with van der Waals surface area (Å²) < 4.78 is 1.19. The molecule has 1 saturated carbocycles. The fourth-order valence-electron chi connectivity index (χ4n) is 4.75. The molecule has 0 aliphatic heterocycles. The number of aromatic nitrogens is 1. The maximum absolute atomic E-state index is 13.4. The first kappa shape index (κ1) is 22.8. The first-order chi connectivity index (χ1) is 15.0.